The summed E-state index contributed by atoms with van der Waals surface area (Å²) in [6, 6.07) is 12.0. The van der Waals surface area contributed by atoms with E-state index in [1.54, 1.807) is 6.07 Å². The van der Waals surface area contributed by atoms with Crippen molar-refractivity contribution < 1.29 is 31.2 Å². The molecule has 104 valence electrons. The third kappa shape index (κ3) is 6.13. The van der Waals surface area contributed by atoms with Gasteiger partial charge in [-0.1, -0.05) is 24.7 Å². The van der Waals surface area contributed by atoms with Crippen molar-refractivity contribution in [3.05, 3.63) is 50.6 Å². The van der Waals surface area contributed by atoms with Crippen LogP contribution in [0.1, 0.15) is 25.7 Å². The molecule has 1 aromatic rings. The summed E-state index contributed by atoms with van der Waals surface area (Å²) >= 11 is 0. The fraction of sp³-hybridized carbons (Fsp3) is 0.400. The van der Waals surface area contributed by atoms with Gasteiger partial charge in [0.2, 0.25) is 0 Å². The molecule has 2 unspecified atom stereocenters. The van der Waals surface area contributed by atoms with Crippen molar-refractivity contribution in [3.8, 4) is 0 Å². The number of hydrogen-bond donors (Lipinski definition) is 0. The zero-order valence-corrected chi connectivity index (χ0v) is 11.4. The third-order valence-corrected chi connectivity index (χ3v) is 3.13. The van der Waals surface area contributed by atoms with Gasteiger partial charge in [0.05, 0.1) is 0 Å². The minimum absolute atomic E-state index is 0. The van der Waals surface area contributed by atoms with Crippen molar-refractivity contribution in [1.29, 1.82) is 0 Å². The maximum atomic E-state index is 11.1. The Hall–Kier alpha value is -0.981. The third-order valence-electron chi connectivity index (χ3n) is 3.13. The van der Waals surface area contributed by atoms with Crippen LogP contribution >= 0.6 is 0 Å². The van der Waals surface area contributed by atoms with Gasteiger partial charge in [-0.15, -0.1) is 0 Å². The van der Waals surface area contributed by atoms with Crippen molar-refractivity contribution in [2.75, 3.05) is 0 Å². The number of carbonyl (C=O) groups excluding carboxylic acids is 1. The number of ketones is 1. The quantitative estimate of drug-likeness (QED) is 0.411. The van der Waals surface area contributed by atoms with Gasteiger partial charge in [-0.2, -0.15) is 0 Å². The van der Waals surface area contributed by atoms with Gasteiger partial charge in [0, 0.05) is 23.5 Å². The molecule has 0 radical (unpaired) electrons. The van der Waals surface area contributed by atoms with E-state index < -0.39 is 0 Å². The van der Waals surface area contributed by atoms with Gasteiger partial charge in [0.15, 0.2) is 0 Å². The number of rotatable bonds is 0. The standard InChI is InChI=1S/C8H11O.C5H.2CO.Fe/c1-8-3-2-6(5-8)4-7(8)9;1-2-4-5-3-1;2*1-2;/h6H,1-5H2;1H;;;/q-1;-5;;;. The van der Waals surface area contributed by atoms with E-state index in [0.29, 0.717) is 11.7 Å². The first-order valence-corrected chi connectivity index (χ1v) is 5.33. The molecule has 0 aromatic heterocycles. The second-order valence-corrected chi connectivity index (χ2v) is 4.20. The van der Waals surface area contributed by atoms with Crippen LogP contribution in [0.4, 0.5) is 0 Å². The normalized spacial score (nSPS) is 25.3. The van der Waals surface area contributed by atoms with Crippen LogP contribution in [0.25, 0.3) is 0 Å². The number of carbonyl (C=O) groups is 1. The van der Waals surface area contributed by atoms with Crippen LogP contribution in [0.3, 0.4) is 0 Å². The summed E-state index contributed by atoms with van der Waals surface area (Å²) in [6.07, 6.45) is 4.20. The Balaban J connectivity index is 0. The summed E-state index contributed by atoms with van der Waals surface area (Å²) < 4.78 is 15.0. The largest absolute Gasteiger partial charge is 0.999 e. The van der Waals surface area contributed by atoms with Crippen molar-refractivity contribution in [2.24, 2.45) is 11.3 Å². The molecule has 2 fully saturated rings. The van der Waals surface area contributed by atoms with Crippen LogP contribution in [0.5, 0.6) is 0 Å². The molecule has 3 rings (SSSR count). The van der Waals surface area contributed by atoms with Crippen LogP contribution in [-0.2, 0) is 31.2 Å². The first-order chi connectivity index (χ1) is 8.71. The van der Waals surface area contributed by atoms with Crippen LogP contribution in [0, 0.1) is 55.8 Å². The van der Waals surface area contributed by atoms with E-state index in [1.807, 2.05) is 0 Å². The van der Waals surface area contributed by atoms with E-state index >= 15 is 0 Å². The first-order valence-electron chi connectivity index (χ1n) is 5.33. The van der Waals surface area contributed by atoms with Crippen LogP contribution < -0.4 is 0 Å². The molecule has 0 heterocycles. The van der Waals surface area contributed by atoms with E-state index in [-0.39, 0.29) is 22.5 Å². The Morgan fingerprint density at radius 1 is 1.26 bits per heavy atom. The number of hydrogen-bond acceptors (Lipinski definition) is 1. The van der Waals surface area contributed by atoms with E-state index in [1.165, 1.54) is 6.42 Å². The molecule has 0 amide bonds. The summed E-state index contributed by atoms with van der Waals surface area (Å²) in [5.74, 6) is 1.12. The summed E-state index contributed by atoms with van der Waals surface area (Å²) in [7, 11) is 0. The summed E-state index contributed by atoms with van der Waals surface area (Å²) in [4.78, 5) is 11.1. The minimum Gasteiger partial charge on any atom is -0.999 e. The topological polar surface area (TPSA) is 56.9 Å². The van der Waals surface area contributed by atoms with E-state index in [9.17, 15) is 4.79 Å². The molecular formula is C15H12FeO3-6. The second-order valence-electron chi connectivity index (χ2n) is 4.20. The number of fused-ring (bicyclic) bond motifs is 2. The molecule has 1 aromatic carbocycles. The summed E-state index contributed by atoms with van der Waals surface area (Å²) in [5, 5.41) is 0. The predicted octanol–water partition coefficient (Wildman–Crippen LogP) is 2.11. The Kier molecular flexibility index (Phi) is 11.7. The van der Waals surface area contributed by atoms with Gasteiger partial charge in [-0.3, -0.25) is 0 Å². The van der Waals surface area contributed by atoms with Gasteiger partial charge in [0.1, 0.15) is 5.78 Å². The molecule has 19 heavy (non-hydrogen) atoms. The minimum atomic E-state index is -0.120. The molecule has 2 saturated carbocycles. The first kappa shape index (κ1) is 20.3. The van der Waals surface area contributed by atoms with Gasteiger partial charge < -0.3 is 42.1 Å². The SMILES string of the molecule is [C-]#[O+].[C-]#[O+].[CH2-]C12CCC(CC1=O)C2.[Fe].[c-]1[c-][c-][cH-][c-]1. The van der Waals surface area contributed by atoms with Crippen LogP contribution in [0.15, 0.2) is 6.07 Å². The predicted molar refractivity (Wildman–Crippen MR) is 60.0 cm³/mol. The van der Waals surface area contributed by atoms with E-state index in [0.717, 1.165) is 19.3 Å². The molecule has 2 aliphatic rings. The Labute approximate surface area is 125 Å². The molecule has 3 nitrogen and oxygen atoms in total. The van der Waals surface area contributed by atoms with Crippen molar-refractivity contribution in [2.45, 2.75) is 25.7 Å². The van der Waals surface area contributed by atoms with Crippen molar-refractivity contribution in [3.63, 3.8) is 0 Å². The fourth-order valence-corrected chi connectivity index (χ4v) is 2.32. The number of Topliss-reactive ketones (excluding diaryl/α,β-unsaturated/α-hetero) is 1. The molecule has 2 aliphatic carbocycles. The van der Waals surface area contributed by atoms with E-state index in [2.05, 4.69) is 44.5 Å². The molecule has 0 spiro atoms. The Morgan fingerprint density at radius 3 is 1.95 bits per heavy atom. The van der Waals surface area contributed by atoms with Gasteiger partial charge in [0.25, 0.3) is 0 Å². The zero-order valence-electron chi connectivity index (χ0n) is 10.3. The second kappa shape index (κ2) is 10.9. The Morgan fingerprint density at radius 2 is 1.79 bits per heavy atom. The maximum Gasteiger partial charge on any atom is 0.109 e. The van der Waals surface area contributed by atoms with Crippen molar-refractivity contribution in [1.82, 2.24) is 0 Å². The van der Waals surface area contributed by atoms with E-state index in [4.69, 9.17) is 9.30 Å². The van der Waals surface area contributed by atoms with Gasteiger partial charge in [-0.25, -0.2) is 0 Å². The van der Waals surface area contributed by atoms with Crippen LogP contribution in [0.2, 0.25) is 0 Å². The zero-order chi connectivity index (χ0) is 14.0. The Bertz CT molecular complexity index is 357. The molecular weight excluding hydrogens is 284 g/mol. The molecule has 4 heteroatoms. The fourth-order valence-electron chi connectivity index (χ4n) is 2.32. The average Bonchev–Trinajstić information content (AvgIpc) is 3.12. The molecule has 0 saturated heterocycles. The van der Waals surface area contributed by atoms with Gasteiger partial charge in [-0.05, 0) is 5.92 Å². The summed E-state index contributed by atoms with van der Waals surface area (Å²) in [6.45, 7) is 13.0. The summed E-state index contributed by atoms with van der Waals surface area (Å²) in [5.41, 5.74) is -0.120. The smallest absolute Gasteiger partial charge is 0.109 e. The van der Waals surface area contributed by atoms with Crippen LogP contribution in [-0.4, -0.2) is 5.78 Å². The van der Waals surface area contributed by atoms with Crippen molar-refractivity contribution >= 4 is 5.78 Å². The molecule has 0 aliphatic heterocycles. The molecule has 0 N–H and O–H groups in total. The molecule has 2 bridgehead atoms. The average molecular weight is 296 g/mol. The monoisotopic (exact) mass is 296 g/mol. The maximum absolute atomic E-state index is 11.1. The van der Waals surface area contributed by atoms with Gasteiger partial charge >= 0.3 is 22.6 Å². The molecule has 2 atom stereocenters.